The molecule has 0 aliphatic carbocycles. The van der Waals surface area contributed by atoms with Crippen molar-refractivity contribution in [1.29, 1.82) is 0 Å². The van der Waals surface area contributed by atoms with Crippen LogP contribution in [-0.4, -0.2) is 25.9 Å². The van der Waals surface area contributed by atoms with Gasteiger partial charge in [0.1, 0.15) is 7.11 Å². The minimum absolute atomic E-state index is 0.163. The summed E-state index contributed by atoms with van der Waals surface area (Å²) >= 11 is 0. The molecule has 0 aromatic heterocycles. The molecule has 0 N–H and O–H groups in total. The Morgan fingerprint density at radius 1 is 1.21 bits per heavy atom. The van der Waals surface area contributed by atoms with Gasteiger partial charge in [0.15, 0.2) is 5.71 Å². The van der Waals surface area contributed by atoms with E-state index in [4.69, 9.17) is 0 Å². The van der Waals surface area contributed by atoms with Gasteiger partial charge in [0.2, 0.25) is 0 Å². The number of methoxy groups -OCH3 is 1. The molecule has 0 unspecified atom stereocenters. The third-order valence-corrected chi connectivity index (χ3v) is 1.61. The average Bonchev–Trinajstić information content (AvgIpc) is 2.26. The fourth-order valence-electron chi connectivity index (χ4n) is 0.992. The molecule has 0 amide bonds. The SMILES string of the molecule is CO/N=C(/C(=O)OC)c1ccccc1. The van der Waals surface area contributed by atoms with E-state index in [1.165, 1.54) is 14.2 Å². The predicted molar refractivity (Wildman–Crippen MR) is 52.0 cm³/mol. The van der Waals surface area contributed by atoms with E-state index in [1.807, 2.05) is 18.2 Å². The number of hydrogen-bond acceptors (Lipinski definition) is 4. The second kappa shape index (κ2) is 5.01. The van der Waals surface area contributed by atoms with Gasteiger partial charge in [-0.3, -0.25) is 0 Å². The maximum Gasteiger partial charge on any atom is 0.360 e. The fourth-order valence-corrected chi connectivity index (χ4v) is 0.992. The number of benzene rings is 1. The van der Waals surface area contributed by atoms with Crippen LogP contribution in [0.4, 0.5) is 0 Å². The molecule has 1 aromatic rings. The lowest BCUT2D eigenvalue weighted by Gasteiger charge is -2.02. The van der Waals surface area contributed by atoms with Crippen molar-refractivity contribution >= 4 is 11.7 Å². The number of esters is 1. The molecule has 14 heavy (non-hydrogen) atoms. The zero-order valence-corrected chi connectivity index (χ0v) is 8.06. The molecule has 0 aliphatic rings. The highest BCUT2D eigenvalue weighted by Gasteiger charge is 2.14. The van der Waals surface area contributed by atoms with Crippen molar-refractivity contribution in [2.24, 2.45) is 5.16 Å². The summed E-state index contributed by atoms with van der Waals surface area (Å²) < 4.78 is 4.57. The summed E-state index contributed by atoms with van der Waals surface area (Å²) in [6.07, 6.45) is 0. The molecule has 1 rings (SSSR count). The van der Waals surface area contributed by atoms with E-state index in [0.717, 1.165) is 0 Å². The van der Waals surface area contributed by atoms with Gasteiger partial charge in [-0.15, -0.1) is 0 Å². The third-order valence-electron chi connectivity index (χ3n) is 1.61. The third kappa shape index (κ3) is 2.32. The van der Waals surface area contributed by atoms with Crippen molar-refractivity contribution < 1.29 is 14.4 Å². The Bertz CT molecular complexity index is 332. The quantitative estimate of drug-likeness (QED) is 0.412. The van der Waals surface area contributed by atoms with Crippen molar-refractivity contribution in [2.75, 3.05) is 14.2 Å². The Morgan fingerprint density at radius 3 is 2.36 bits per heavy atom. The number of carbonyl (C=O) groups excluding carboxylic acids is 1. The van der Waals surface area contributed by atoms with E-state index >= 15 is 0 Å². The molecule has 0 spiro atoms. The van der Waals surface area contributed by atoms with E-state index in [-0.39, 0.29) is 5.71 Å². The van der Waals surface area contributed by atoms with Gasteiger partial charge in [-0.1, -0.05) is 35.5 Å². The first-order valence-corrected chi connectivity index (χ1v) is 4.04. The summed E-state index contributed by atoms with van der Waals surface area (Å²) in [6.45, 7) is 0. The minimum atomic E-state index is -0.516. The van der Waals surface area contributed by atoms with Gasteiger partial charge in [0.25, 0.3) is 0 Å². The highest BCUT2D eigenvalue weighted by Crippen LogP contribution is 2.02. The normalized spacial score (nSPS) is 10.9. The van der Waals surface area contributed by atoms with E-state index in [9.17, 15) is 4.79 Å². The van der Waals surface area contributed by atoms with Crippen LogP contribution >= 0.6 is 0 Å². The first-order chi connectivity index (χ1) is 6.79. The monoisotopic (exact) mass is 193 g/mol. The summed E-state index contributed by atoms with van der Waals surface area (Å²) in [5.74, 6) is -0.516. The number of oxime groups is 1. The lowest BCUT2D eigenvalue weighted by atomic mass is 10.1. The second-order valence-electron chi connectivity index (χ2n) is 2.48. The number of nitrogens with zero attached hydrogens (tertiary/aromatic N) is 1. The van der Waals surface area contributed by atoms with Gasteiger partial charge < -0.3 is 9.57 Å². The number of hydrogen-bond donors (Lipinski definition) is 0. The van der Waals surface area contributed by atoms with Crippen LogP contribution in [0.25, 0.3) is 0 Å². The Morgan fingerprint density at radius 2 is 1.86 bits per heavy atom. The second-order valence-corrected chi connectivity index (χ2v) is 2.48. The molecule has 0 atom stereocenters. The summed E-state index contributed by atoms with van der Waals surface area (Å²) in [4.78, 5) is 15.8. The van der Waals surface area contributed by atoms with Gasteiger partial charge in [-0.2, -0.15) is 0 Å². The average molecular weight is 193 g/mol. The van der Waals surface area contributed by atoms with Gasteiger partial charge >= 0.3 is 5.97 Å². The first kappa shape index (κ1) is 10.2. The topological polar surface area (TPSA) is 47.9 Å². The summed E-state index contributed by atoms with van der Waals surface area (Å²) in [6, 6.07) is 8.99. The lowest BCUT2D eigenvalue weighted by Crippen LogP contribution is -2.17. The molecule has 4 heteroatoms. The molecule has 0 aliphatic heterocycles. The largest absolute Gasteiger partial charge is 0.464 e. The smallest absolute Gasteiger partial charge is 0.360 e. The van der Waals surface area contributed by atoms with Crippen molar-refractivity contribution in [3.05, 3.63) is 35.9 Å². The molecular weight excluding hydrogens is 182 g/mol. The highest BCUT2D eigenvalue weighted by molar-refractivity contribution is 6.43. The molecule has 0 fully saturated rings. The summed E-state index contributed by atoms with van der Waals surface area (Å²) in [7, 11) is 2.68. The number of carbonyl (C=O) groups is 1. The lowest BCUT2D eigenvalue weighted by molar-refractivity contribution is -0.132. The molecule has 0 radical (unpaired) electrons. The van der Waals surface area contributed by atoms with Crippen molar-refractivity contribution in [3.63, 3.8) is 0 Å². The summed E-state index contributed by atoms with van der Waals surface area (Å²) in [5, 5.41) is 3.61. The van der Waals surface area contributed by atoms with Crippen LogP contribution in [0.2, 0.25) is 0 Å². The Labute approximate surface area is 82.1 Å². The van der Waals surface area contributed by atoms with Crippen molar-refractivity contribution in [3.8, 4) is 0 Å². The molecule has 4 nitrogen and oxygen atoms in total. The maximum absolute atomic E-state index is 11.3. The van der Waals surface area contributed by atoms with E-state index in [0.29, 0.717) is 5.56 Å². The molecule has 1 aromatic carbocycles. The zero-order valence-electron chi connectivity index (χ0n) is 8.06. The van der Waals surface area contributed by atoms with Crippen LogP contribution in [0.1, 0.15) is 5.56 Å². The van der Waals surface area contributed by atoms with Crippen LogP contribution in [0, 0.1) is 0 Å². The van der Waals surface area contributed by atoms with Crippen LogP contribution in [-0.2, 0) is 14.4 Å². The maximum atomic E-state index is 11.3. The fraction of sp³-hybridized carbons (Fsp3) is 0.200. The van der Waals surface area contributed by atoms with Crippen LogP contribution in [0.5, 0.6) is 0 Å². The van der Waals surface area contributed by atoms with Crippen LogP contribution in [0.3, 0.4) is 0 Å². The molecule has 0 bridgehead atoms. The van der Waals surface area contributed by atoms with Crippen LogP contribution < -0.4 is 0 Å². The summed E-state index contributed by atoms with van der Waals surface area (Å²) in [5.41, 5.74) is 0.830. The van der Waals surface area contributed by atoms with Gasteiger partial charge in [0.05, 0.1) is 7.11 Å². The molecule has 0 saturated heterocycles. The van der Waals surface area contributed by atoms with Crippen molar-refractivity contribution in [2.45, 2.75) is 0 Å². The Balaban J connectivity index is 3.02. The first-order valence-electron chi connectivity index (χ1n) is 4.04. The van der Waals surface area contributed by atoms with Crippen molar-refractivity contribution in [1.82, 2.24) is 0 Å². The van der Waals surface area contributed by atoms with Gasteiger partial charge in [-0.05, 0) is 0 Å². The Hall–Kier alpha value is -1.84. The molecular formula is C10H11NO3. The van der Waals surface area contributed by atoms with Gasteiger partial charge in [-0.25, -0.2) is 4.79 Å². The van der Waals surface area contributed by atoms with E-state index in [1.54, 1.807) is 12.1 Å². The molecule has 0 saturated carbocycles. The van der Waals surface area contributed by atoms with E-state index in [2.05, 4.69) is 14.7 Å². The van der Waals surface area contributed by atoms with Gasteiger partial charge in [0, 0.05) is 5.56 Å². The van der Waals surface area contributed by atoms with E-state index < -0.39 is 5.97 Å². The standard InChI is InChI=1S/C10H11NO3/c1-13-10(12)9(11-14-2)8-6-4-3-5-7-8/h3-7H,1-2H3/b11-9+. The molecule has 74 valence electrons. The number of ether oxygens (including phenoxy) is 1. The zero-order chi connectivity index (χ0) is 10.4. The Kier molecular flexibility index (Phi) is 3.67. The predicted octanol–water partition coefficient (Wildman–Crippen LogP) is 1.21. The highest BCUT2D eigenvalue weighted by atomic mass is 16.6. The van der Waals surface area contributed by atoms with Crippen LogP contribution in [0.15, 0.2) is 35.5 Å². The number of rotatable bonds is 3. The minimum Gasteiger partial charge on any atom is -0.464 e. The molecule has 0 heterocycles.